The summed E-state index contributed by atoms with van der Waals surface area (Å²) in [6, 6.07) is 5.24. The molecule has 1 unspecified atom stereocenters. The highest BCUT2D eigenvalue weighted by Gasteiger charge is 2.20. The fourth-order valence-electron chi connectivity index (χ4n) is 2.53. The Balaban J connectivity index is 2.39. The van der Waals surface area contributed by atoms with Gasteiger partial charge in [-0.05, 0) is 24.1 Å². The van der Waals surface area contributed by atoms with Crippen molar-refractivity contribution in [3.63, 3.8) is 0 Å². The topological polar surface area (TPSA) is 118 Å². The molecule has 1 amide bonds. The van der Waals surface area contributed by atoms with Crippen molar-refractivity contribution in [3.05, 3.63) is 35.3 Å². The molecular weight excluding hydrogens is 388 g/mol. The Morgan fingerprint density at radius 2 is 2.03 bits per heavy atom. The highest BCUT2D eigenvalue weighted by molar-refractivity contribution is 5.97. The van der Waals surface area contributed by atoms with Gasteiger partial charge in [-0.25, -0.2) is 4.98 Å². The summed E-state index contributed by atoms with van der Waals surface area (Å²) in [7, 11) is 4.73. The van der Waals surface area contributed by atoms with Crippen LogP contribution < -0.4 is 20.1 Å². The first-order chi connectivity index (χ1) is 14.4. The van der Waals surface area contributed by atoms with E-state index in [1.807, 2.05) is 0 Å². The summed E-state index contributed by atoms with van der Waals surface area (Å²) in [5.41, 5.74) is 0.867. The number of carbonyl (C=O) groups excluding carboxylic acids is 1. The van der Waals surface area contributed by atoms with Crippen molar-refractivity contribution >= 4 is 11.7 Å². The van der Waals surface area contributed by atoms with Gasteiger partial charge in [-0.3, -0.25) is 4.79 Å². The number of ether oxygens (including phenoxy) is 2. The SMILES string of the molecule is C#CCNC(=O)c1c(NCC(O)CO)nc(C#Cc2ccc(OC)c(OC)c2)n1C. The average Bonchev–Trinajstić information content (AvgIpc) is 3.09. The first-order valence-corrected chi connectivity index (χ1v) is 9.00. The van der Waals surface area contributed by atoms with Gasteiger partial charge in [0.15, 0.2) is 28.8 Å². The van der Waals surface area contributed by atoms with Crippen LogP contribution in [0.2, 0.25) is 0 Å². The minimum absolute atomic E-state index is 0.00544. The maximum absolute atomic E-state index is 12.5. The molecule has 0 aliphatic carbocycles. The molecule has 1 heterocycles. The van der Waals surface area contributed by atoms with Gasteiger partial charge in [0.1, 0.15) is 0 Å². The molecule has 0 radical (unpaired) electrons. The number of hydrogen-bond acceptors (Lipinski definition) is 7. The molecule has 1 aromatic carbocycles. The predicted octanol–water partition coefficient (Wildman–Crippen LogP) is -0.0348. The van der Waals surface area contributed by atoms with Crippen molar-refractivity contribution in [1.82, 2.24) is 14.9 Å². The fourth-order valence-corrected chi connectivity index (χ4v) is 2.53. The number of aliphatic hydroxyl groups excluding tert-OH is 2. The Labute approximate surface area is 175 Å². The molecule has 0 fully saturated rings. The van der Waals surface area contributed by atoms with Crippen LogP contribution in [0.15, 0.2) is 18.2 Å². The van der Waals surface area contributed by atoms with Crippen LogP contribution in [0.1, 0.15) is 21.9 Å². The number of aromatic nitrogens is 2. The van der Waals surface area contributed by atoms with Crippen molar-refractivity contribution in [1.29, 1.82) is 0 Å². The zero-order valence-corrected chi connectivity index (χ0v) is 17.0. The van der Waals surface area contributed by atoms with E-state index in [1.54, 1.807) is 32.4 Å². The van der Waals surface area contributed by atoms with E-state index in [0.29, 0.717) is 22.9 Å². The van der Waals surface area contributed by atoms with E-state index < -0.39 is 18.6 Å². The van der Waals surface area contributed by atoms with Gasteiger partial charge in [-0.1, -0.05) is 11.8 Å². The number of methoxy groups -OCH3 is 2. The van der Waals surface area contributed by atoms with Crippen LogP contribution in [0.25, 0.3) is 0 Å². The number of benzene rings is 1. The van der Waals surface area contributed by atoms with Crippen LogP contribution in [0, 0.1) is 24.2 Å². The highest BCUT2D eigenvalue weighted by atomic mass is 16.5. The molecule has 0 saturated carbocycles. The van der Waals surface area contributed by atoms with Crippen LogP contribution >= 0.6 is 0 Å². The molecule has 9 nitrogen and oxygen atoms in total. The summed E-state index contributed by atoms with van der Waals surface area (Å²) in [4.78, 5) is 16.9. The van der Waals surface area contributed by atoms with E-state index in [0.717, 1.165) is 0 Å². The molecule has 2 aromatic rings. The summed E-state index contributed by atoms with van der Waals surface area (Å²) >= 11 is 0. The summed E-state index contributed by atoms with van der Waals surface area (Å²) < 4.78 is 12.0. The summed E-state index contributed by atoms with van der Waals surface area (Å²) in [5.74, 6) is 9.45. The molecule has 30 heavy (non-hydrogen) atoms. The van der Waals surface area contributed by atoms with Gasteiger partial charge in [-0.2, -0.15) is 0 Å². The van der Waals surface area contributed by atoms with Gasteiger partial charge >= 0.3 is 0 Å². The zero-order valence-electron chi connectivity index (χ0n) is 17.0. The second kappa shape index (κ2) is 10.8. The molecule has 1 aromatic heterocycles. The summed E-state index contributed by atoms with van der Waals surface area (Å²) in [6.07, 6.45) is 4.20. The molecule has 2 rings (SSSR count). The molecule has 1 atom stereocenters. The maximum atomic E-state index is 12.5. The van der Waals surface area contributed by atoms with Gasteiger partial charge in [0.25, 0.3) is 5.91 Å². The normalized spacial score (nSPS) is 10.9. The first-order valence-electron chi connectivity index (χ1n) is 9.00. The number of imidazole rings is 1. The monoisotopic (exact) mass is 412 g/mol. The molecule has 158 valence electrons. The van der Waals surface area contributed by atoms with E-state index in [1.165, 1.54) is 11.7 Å². The predicted molar refractivity (Wildman–Crippen MR) is 111 cm³/mol. The van der Waals surface area contributed by atoms with E-state index in [9.17, 15) is 9.90 Å². The van der Waals surface area contributed by atoms with E-state index >= 15 is 0 Å². The third kappa shape index (κ3) is 5.45. The van der Waals surface area contributed by atoms with Crippen molar-refractivity contribution in [3.8, 4) is 35.7 Å². The Hall–Kier alpha value is -3.66. The maximum Gasteiger partial charge on any atom is 0.272 e. The van der Waals surface area contributed by atoms with Crippen LogP contribution in [0.5, 0.6) is 11.5 Å². The summed E-state index contributed by atoms with van der Waals surface area (Å²) in [6.45, 7) is -0.370. The number of aliphatic hydroxyl groups is 2. The van der Waals surface area contributed by atoms with Crippen molar-refractivity contribution < 1.29 is 24.5 Å². The zero-order chi connectivity index (χ0) is 22.1. The van der Waals surface area contributed by atoms with Crippen LogP contribution in [-0.4, -0.2) is 65.7 Å². The number of anilines is 1. The van der Waals surface area contributed by atoms with Crippen molar-refractivity contribution in [2.45, 2.75) is 6.10 Å². The van der Waals surface area contributed by atoms with E-state index in [2.05, 4.69) is 33.4 Å². The third-order valence-electron chi connectivity index (χ3n) is 4.08. The van der Waals surface area contributed by atoms with Crippen molar-refractivity contribution in [2.24, 2.45) is 7.05 Å². The molecule has 4 N–H and O–H groups in total. The number of amides is 1. The quantitative estimate of drug-likeness (QED) is 0.450. The lowest BCUT2D eigenvalue weighted by Gasteiger charge is -2.10. The largest absolute Gasteiger partial charge is 0.493 e. The molecule has 9 heteroatoms. The smallest absolute Gasteiger partial charge is 0.272 e. The lowest BCUT2D eigenvalue weighted by Crippen LogP contribution is -2.28. The minimum Gasteiger partial charge on any atom is -0.493 e. The summed E-state index contributed by atoms with van der Waals surface area (Å²) in [5, 5.41) is 24.0. The van der Waals surface area contributed by atoms with Crippen molar-refractivity contribution in [2.75, 3.05) is 39.2 Å². The number of hydrogen-bond donors (Lipinski definition) is 4. The molecule has 0 aliphatic rings. The van der Waals surface area contributed by atoms with Gasteiger partial charge in [0.05, 0.1) is 33.5 Å². The van der Waals surface area contributed by atoms with Gasteiger partial charge in [0.2, 0.25) is 0 Å². The van der Waals surface area contributed by atoms with Gasteiger partial charge in [0, 0.05) is 19.2 Å². The Morgan fingerprint density at radius 3 is 2.67 bits per heavy atom. The van der Waals surface area contributed by atoms with Crippen LogP contribution in [0.3, 0.4) is 0 Å². The second-order valence-corrected chi connectivity index (χ2v) is 6.12. The van der Waals surface area contributed by atoms with Gasteiger partial charge in [-0.15, -0.1) is 6.42 Å². The number of carbonyl (C=O) groups is 1. The minimum atomic E-state index is -1.00. The number of terminal acetylenes is 1. The third-order valence-corrected chi connectivity index (χ3v) is 4.08. The Morgan fingerprint density at radius 1 is 1.30 bits per heavy atom. The standard InChI is InChI=1S/C21H24N4O5/c1-5-10-22-21(28)19-20(23-12-15(27)13-26)24-18(25(19)2)9-7-14-6-8-16(29-3)17(11-14)30-4/h1,6,8,11,15,23,26-27H,10,12-13H2,2-4H3,(H,22,28). The van der Waals surface area contributed by atoms with E-state index in [4.69, 9.17) is 21.0 Å². The highest BCUT2D eigenvalue weighted by Crippen LogP contribution is 2.27. The number of rotatable bonds is 8. The molecule has 0 saturated heterocycles. The van der Waals surface area contributed by atoms with E-state index in [-0.39, 0.29) is 24.6 Å². The molecule has 0 aliphatic heterocycles. The fraction of sp³-hybridized carbons (Fsp3) is 0.333. The average molecular weight is 412 g/mol. The molecule has 0 spiro atoms. The Kier molecular flexibility index (Phi) is 8.12. The first kappa shape index (κ1) is 22.6. The number of nitrogens with zero attached hydrogens (tertiary/aromatic N) is 2. The molecular formula is C21H24N4O5. The number of nitrogens with one attached hydrogen (secondary N) is 2. The Bertz CT molecular complexity index is 997. The lowest BCUT2D eigenvalue weighted by molar-refractivity contribution is 0.0950. The second-order valence-electron chi connectivity index (χ2n) is 6.12. The molecule has 0 bridgehead atoms. The van der Waals surface area contributed by atoms with Crippen LogP contribution in [0.4, 0.5) is 5.82 Å². The van der Waals surface area contributed by atoms with Gasteiger partial charge < -0.3 is 34.9 Å². The van der Waals surface area contributed by atoms with Crippen LogP contribution in [-0.2, 0) is 7.05 Å². The lowest BCUT2D eigenvalue weighted by atomic mass is 10.2.